The van der Waals surface area contributed by atoms with Crippen molar-refractivity contribution in [2.75, 3.05) is 0 Å². The van der Waals surface area contributed by atoms with Gasteiger partial charge >= 0.3 is 5.97 Å². The lowest BCUT2D eigenvalue weighted by molar-refractivity contribution is -0.155. The van der Waals surface area contributed by atoms with E-state index >= 15 is 0 Å². The summed E-state index contributed by atoms with van der Waals surface area (Å²) in [4.78, 5) is 30.8. The lowest BCUT2D eigenvalue weighted by Gasteiger charge is -2.39. The van der Waals surface area contributed by atoms with E-state index in [0.717, 1.165) is 27.7 Å². The number of nitrogens with one attached hydrogen (secondary N) is 1. The average Bonchev–Trinajstić information content (AvgIpc) is 3.55. The van der Waals surface area contributed by atoms with E-state index < -0.39 is 11.1 Å². The molecule has 0 fully saturated rings. The van der Waals surface area contributed by atoms with Crippen LogP contribution in [0.15, 0.2) is 67.0 Å². The predicted molar refractivity (Wildman–Crippen MR) is 176 cm³/mol. The van der Waals surface area contributed by atoms with Crippen molar-refractivity contribution in [3.05, 3.63) is 112 Å². The highest BCUT2D eigenvalue weighted by Crippen LogP contribution is 2.42. The van der Waals surface area contributed by atoms with Crippen molar-refractivity contribution in [1.82, 2.24) is 24.6 Å². The van der Waals surface area contributed by atoms with Crippen LogP contribution in [0.4, 0.5) is 4.39 Å². The molecule has 1 aliphatic carbocycles. The third kappa shape index (κ3) is 6.29. The van der Waals surface area contributed by atoms with E-state index in [4.69, 9.17) is 16.3 Å². The molecule has 3 aromatic carbocycles. The predicted octanol–water partition coefficient (Wildman–Crippen LogP) is 7.18. The number of amides is 1. The Morgan fingerprint density at radius 2 is 1.89 bits per heavy atom. The molecule has 2 aromatic heterocycles. The molecule has 6 rings (SSSR count). The molecule has 0 spiro atoms. The van der Waals surface area contributed by atoms with Crippen LogP contribution in [0.2, 0.25) is 5.02 Å². The second kappa shape index (κ2) is 12.0. The van der Waals surface area contributed by atoms with E-state index in [0.29, 0.717) is 48.4 Å². The molecular weight excluding hydrogens is 605 g/mol. The van der Waals surface area contributed by atoms with Crippen LogP contribution in [0.25, 0.3) is 16.6 Å². The minimum atomic E-state index is -0.910. The maximum atomic E-state index is 14.7. The number of aryl methyl sites for hydroxylation is 3. The van der Waals surface area contributed by atoms with Crippen LogP contribution < -0.4 is 5.32 Å². The van der Waals surface area contributed by atoms with Crippen molar-refractivity contribution in [2.24, 2.45) is 0 Å². The van der Waals surface area contributed by atoms with Crippen molar-refractivity contribution in [3.8, 4) is 5.69 Å². The first-order valence-corrected chi connectivity index (χ1v) is 15.8. The summed E-state index contributed by atoms with van der Waals surface area (Å²) in [6.07, 6.45) is 3.38. The van der Waals surface area contributed by atoms with E-state index in [9.17, 15) is 14.0 Å². The van der Waals surface area contributed by atoms with Gasteiger partial charge in [-0.05, 0) is 101 Å². The number of fused-ring (bicyclic) bond motifs is 3. The second-order valence-corrected chi connectivity index (χ2v) is 13.5. The Hall–Kier alpha value is -4.50. The summed E-state index contributed by atoms with van der Waals surface area (Å²) in [6, 6.07) is 17.8. The molecule has 1 aliphatic rings. The SMILES string of the molecule is Cc1ccc2c3c(n(CCC(=O)OC(C)(C)C)c2c1)CCC(NC(=O)c1ccc(-n2cnc(C)n2)cc1Cl)(c1cccc(F)c1)C3. The molecule has 238 valence electrons. The zero-order chi connectivity index (χ0) is 32.8. The summed E-state index contributed by atoms with van der Waals surface area (Å²) in [6.45, 7) is 9.89. The molecule has 1 atom stereocenters. The van der Waals surface area contributed by atoms with E-state index in [1.807, 2.05) is 33.8 Å². The van der Waals surface area contributed by atoms with Gasteiger partial charge in [-0.15, -0.1) is 0 Å². The van der Waals surface area contributed by atoms with Gasteiger partial charge in [-0.3, -0.25) is 9.59 Å². The van der Waals surface area contributed by atoms with Gasteiger partial charge in [0.2, 0.25) is 0 Å². The Kier molecular flexibility index (Phi) is 8.23. The van der Waals surface area contributed by atoms with Crippen molar-refractivity contribution in [1.29, 1.82) is 0 Å². The number of hydrogen-bond acceptors (Lipinski definition) is 5. The average molecular weight is 642 g/mol. The molecule has 1 amide bonds. The van der Waals surface area contributed by atoms with Crippen LogP contribution in [0.1, 0.15) is 72.2 Å². The number of esters is 1. The molecule has 2 heterocycles. The summed E-state index contributed by atoms with van der Waals surface area (Å²) in [7, 11) is 0. The Balaban J connectivity index is 1.37. The number of aromatic nitrogens is 4. The van der Waals surface area contributed by atoms with Crippen molar-refractivity contribution in [2.45, 2.75) is 78.0 Å². The van der Waals surface area contributed by atoms with Crippen LogP contribution in [0.5, 0.6) is 0 Å². The fourth-order valence-corrected chi connectivity index (χ4v) is 6.70. The third-order valence-corrected chi connectivity index (χ3v) is 8.78. The monoisotopic (exact) mass is 641 g/mol. The molecule has 46 heavy (non-hydrogen) atoms. The molecule has 1 unspecified atom stereocenters. The van der Waals surface area contributed by atoms with Crippen molar-refractivity contribution < 1.29 is 18.7 Å². The van der Waals surface area contributed by atoms with Gasteiger partial charge in [0.05, 0.1) is 28.2 Å². The van der Waals surface area contributed by atoms with E-state index in [-0.39, 0.29) is 29.1 Å². The highest BCUT2D eigenvalue weighted by molar-refractivity contribution is 6.34. The van der Waals surface area contributed by atoms with Gasteiger partial charge in [0.15, 0.2) is 0 Å². The zero-order valence-electron chi connectivity index (χ0n) is 26.7. The third-order valence-electron chi connectivity index (χ3n) is 8.47. The summed E-state index contributed by atoms with van der Waals surface area (Å²) >= 11 is 6.67. The molecule has 1 N–H and O–H groups in total. The van der Waals surface area contributed by atoms with Gasteiger partial charge in [0.25, 0.3) is 5.91 Å². The van der Waals surface area contributed by atoms with Crippen LogP contribution in [0.3, 0.4) is 0 Å². The largest absolute Gasteiger partial charge is 0.460 e. The summed E-state index contributed by atoms with van der Waals surface area (Å²) in [5, 5.41) is 8.93. The molecule has 0 saturated heterocycles. The van der Waals surface area contributed by atoms with Crippen LogP contribution in [-0.4, -0.2) is 36.8 Å². The first-order chi connectivity index (χ1) is 21.8. The molecule has 10 heteroatoms. The lowest BCUT2D eigenvalue weighted by atomic mass is 9.74. The zero-order valence-corrected chi connectivity index (χ0v) is 27.4. The van der Waals surface area contributed by atoms with Crippen LogP contribution in [0, 0.1) is 19.7 Å². The van der Waals surface area contributed by atoms with E-state index in [1.165, 1.54) is 12.1 Å². The standard InChI is InChI=1S/C36H37ClFN5O3/c1-22-9-11-27-29-20-36(24-7-6-8-25(38)18-24,15-13-31(29)42(32(27)17-22)16-14-33(44)46-35(3,4)5)40-34(45)28-12-10-26(19-30(28)37)43-21-39-23(2)41-43/h6-12,17-19,21H,13-16,20H2,1-5H3,(H,40,45). The van der Waals surface area contributed by atoms with Gasteiger partial charge in [0.1, 0.15) is 23.6 Å². The highest BCUT2D eigenvalue weighted by Gasteiger charge is 2.40. The Labute approximate surface area is 272 Å². The number of carbonyl (C=O) groups excluding carboxylic acids is 2. The molecule has 0 radical (unpaired) electrons. The van der Waals surface area contributed by atoms with Gasteiger partial charge in [-0.25, -0.2) is 14.1 Å². The minimum absolute atomic E-state index is 0.232. The first kappa shape index (κ1) is 31.5. The summed E-state index contributed by atoms with van der Waals surface area (Å²) in [5.41, 5.74) is 4.49. The van der Waals surface area contributed by atoms with Gasteiger partial charge < -0.3 is 14.6 Å². The lowest BCUT2D eigenvalue weighted by Crippen LogP contribution is -2.50. The highest BCUT2D eigenvalue weighted by atomic mass is 35.5. The van der Waals surface area contributed by atoms with E-state index in [2.05, 4.69) is 38.2 Å². The van der Waals surface area contributed by atoms with Crippen molar-refractivity contribution in [3.63, 3.8) is 0 Å². The molecule has 0 bridgehead atoms. The molecule has 0 saturated carbocycles. The maximum Gasteiger partial charge on any atom is 0.308 e. The Bertz CT molecular complexity index is 1970. The Morgan fingerprint density at radius 1 is 1.09 bits per heavy atom. The summed E-state index contributed by atoms with van der Waals surface area (Å²) < 4.78 is 24.1. The van der Waals surface area contributed by atoms with Crippen LogP contribution >= 0.6 is 11.6 Å². The molecule has 5 aromatic rings. The topological polar surface area (TPSA) is 91.0 Å². The molecule has 0 aliphatic heterocycles. The Morgan fingerprint density at radius 3 is 2.59 bits per heavy atom. The van der Waals surface area contributed by atoms with E-state index in [1.54, 1.807) is 42.2 Å². The normalized spacial score (nSPS) is 16.3. The number of hydrogen-bond donors (Lipinski definition) is 1. The fraction of sp³-hybridized carbons (Fsp3) is 0.333. The first-order valence-electron chi connectivity index (χ1n) is 15.4. The summed E-state index contributed by atoms with van der Waals surface area (Å²) in [5.74, 6) is -0.371. The van der Waals surface area contributed by atoms with Gasteiger partial charge in [0, 0.05) is 29.6 Å². The second-order valence-electron chi connectivity index (χ2n) is 13.1. The molecule has 8 nitrogen and oxygen atoms in total. The van der Waals surface area contributed by atoms with Gasteiger partial charge in [-0.1, -0.05) is 35.9 Å². The minimum Gasteiger partial charge on any atom is -0.460 e. The number of ether oxygens (including phenoxy) is 1. The smallest absolute Gasteiger partial charge is 0.308 e. The van der Waals surface area contributed by atoms with Gasteiger partial charge in [-0.2, -0.15) is 5.10 Å². The number of halogens is 2. The fourth-order valence-electron chi connectivity index (χ4n) is 6.44. The van der Waals surface area contributed by atoms with Crippen molar-refractivity contribution >= 4 is 34.4 Å². The number of benzene rings is 3. The quantitative estimate of drug-likeness (QED) is 0.190. The van der Waals surface area contributed by atoms with Crippen LogP contribution in [-0.2, 0) is 34.5 Å². The number of carbonyl (C=O) groups is 2. The maximum absolute atomic E-state index is 14.7. The molecular formula is C36H37ClFN5O3. The number of nitrogens with zero attached hydrogens (tertiary/aromatic N) is 4. The number of rotatable bonds is 7.